The minimum atomic E-state index is -0.165. The quantitative estimate of drug-likeness (QED) is 0.605. The van der Waals surface area contributed by atoms with Crippen molar-refractivity contribution in [1.29, 1.82) is 0 Å². The summed E-state index contributed by atoms with van der Waals surface area (Å²) in [5.74, 6) is 0.0387. The van der Waals surface area contributed by atoms with Gasteiger partial charge < -0.3 is 15.7 Å². The van der Waals surface area contributed by atoms with Gasteiger partial charge in [0.1, 0.15) is 0 Å². The molecular formula is C9H14N4O2. The Morgan fingerprint density at radius 1 is 1.73 bits per heavy atom. The second-order valence-electron chi connectivity index (χ2n) is 3.87. The molecule has 82 valence electrons. The van der Waals surface area contributed by atoms with Crippen LogP contribution < -0.4 is 5.73 Å². The third-order valence-electron chi connectivity index (χ3n) is 2.70. The second kappa shape index (κ2) is 3.54. The van der Waals surface area contributed by atoms with Crippen LogP contribution in [0.15, 0.2) is 0 Å². The van der Waals surface area contributed by atoms with Gasteiger partial charge in [-0.3, -0.25) is 9.89 Å². The number of aromatic amines is 1. The molecule has 1 aliphatic heterocycles. The van der Waals surface area contributed by atoms with Crippen molar-refractivity contribution in [3.05, 3.63) is 11.4 Å². The fourth-order valence-corrected chi connectivity index (χ4v) is 1.60. The molecule has 0 saturated carbocycles. The zero-order valence-corrected chi connectivity index (χ0v) is 8.53. The number of aromatic nitrogens is 2. The van der Waals surface area contributed by atoms with Gasteiger partial charge in [0.2, 0.25) is 0 Å². The Bertz CT molecular complexity index is 381. The summed E-state index contributed by atoms with van der Waals surface area (Å²) >= 11 is 0. The maximum absolute atomic E-state index is 11.8. The van der Waals surface area contributed by atoms with Gasteiger partial charge in [0.25, 0.3) is 5.91 Å². The number of aliphatic hydroxyl groups excluding tert-OH is 1. The van der Waals surface area contributed by atoms with Gasteiger partial charge in [-0.15, -0.1) is 0 Å². The number of carbonyl (C=O) groups excluding carboxylic acids is 1. The largest absolute Gasteiger partial charge is 0.396 e. The summed E-state index contributed by atoms with van der Waals surface area (Å²) in [5, 5.41) is 15.4. The molecule has 0 radical (unpaired) electrons. The number of nitrogens with one attached hydrogen (secondary N) is 1. The van der Waals surface area contributed by atoms with Crippen LogP contribution in [-0.2, 0) is 0 Å². The van der Waals surface area contributed by atoms with Gasteiger partial charge in [-0.2, -0.15) is 5.10 Å². The van der Waals surface area contributed by atoms with E-state index in [0.717, 1.165) is 0 Å². The SMILES string of the molecule is Cc1[nH]nc(C(=O)N2CC(CO)C2)c1N. The summed E-state index contributed by atoms with van der Waals surface area (Å²) in [7, 11) is 0. The topological polar surface area (TPSA) is 95.2 Å². The van der Waals surface area contributed by atoms with E-state index in [4.69, 9.17) is 10.8 Å². The molecule has 6 nitrogen and oxygen atoms in total. The van der Waals surface area contributed by atoms with Crippen LogP contribution in [0.5, 0.6) is 0 Å². The monoisotopic (exact) mass is 210 g/mol. The van der Waals surface area contributed by atoms with Crippen molar-refractivity contribution < 1.29 is 9.90 Å². The Labute approximate surface area is 87.1 Å². The molecule has 1 fully saturated rings. The van der Waals surface area contributed by atoms with Crippen LogP contribution in [0, 0.1) is 12.8 Å². The average molecular weight is 210 g/mol. The van der Waals surface area contributed by atoms with Gasteiger partial charge in [0, 0.05) is 25.6 Å². The second-order valence-corrected chi connectivity index (χ2v) is 3.87. The first-order valence-electron chi connectivity index (χ1n) is 4.84. The first-order chi connectivity index (χ1) is 7.13. The maximum atomic E-state index is 11.8. The number of H-pyrrole nitrogens is 1. The number of aliphatic hydroxyl groups is 1. The summed E-state index contributed by atoms with van der Waals surface area (Å²) in [6, 6.07) is 0. The molecule has 1 aliphatic rings. The predicted molar refractivity (Wildman–Crippen MR) is 54.2 cm³/mol. The van der Waals surface area contributed by atoms with E-state index in [-0.39, 0.29) is 24.1 Å². The Morgan fingerprint density at radius 3 is 2.87 bits per heavy atom. The predicted octanol–water partition coefficient (Wildman–Crippen LogP) is -0.635. The van der Waals surface area contributed by atoms with Gasteiger partial charge in [0.05, 0.1) is 11.4 Å². The standard InChI is InChI=1S/C9H14N4O2/c1-5-7(10)8(12-11-5)9(15)13-2-6(3-13)4-14/h6,14H,2-4,10H2,1H3,(H,11,12). The van der Waals surface area contributed by atoms with E-state index in [1.807, 2.05) is 0 Å². The first-order valence-corrected chi connectivity index (χ1v) is 4.84. The molecule has 0 aromatic carbocycles. The number of nitrogens with zero attached hydrogens (tertiary/aromatic N) is 2. The van der Waals surface area contributed by atoms with Crippen LogP contribution in [0.4, 0.5) is 5.69 Å². The number of nitrogen functional groups attached to an aromatic ring is 1. The van der Waals surface area contributed by atoms with Crippen molar-refractivity contribution >= 4 is 11.6 Å². The fourth-order valence-electron chi connectivity index (χ4n) is 1.60. The number of hydrogen-bond acceptors (Lipinski definition) is 4. The zero-order valence-electron chi connectivity index (χ0n) is 8.53. The van der Waals surface area contributed by atoms with Crippen LogP contribution in [0.3, 0.4) is 0 Å². The lowest BCUT2D eigenvalue weighted by atomic mass is 10.0. The molecule has 1 aromatic rings. The van der Waals surface area contributed by atoms with Crippen LogP contribution in [0.1, 0.15) is 16.2 Å². The van der Waals surface area contributed by atoms with Gasteiger partial charge in [-0.05, 0) is 6.92 Å². The summed E-state index contributed by atoms with van der Waals surface area (Å²) < 4.78 is 0. The molecule has 1 amide bonds. The molecule has 1 aromatic heterocycles. The van der Waals surface area contributed by atoms with Crippen molar-refractivity contribution in [2.24, 2.45) is 5.92 Å². The average Bonchev–Trinajstić information content (AvgIpc) is 2.46. The van der Waals surface area contributed by atoms with E-state index in [1.165, 1.54) is 0 Å². The van der Waals surface area contributed by atoms with E-state index < -0.39 is 0 Å². The highest BCUT2D eigenvalue weighted by atomic mass is 16.3. The first kappa shape index (κ1) is 9.97. The summed E-state index contributed by atoms with van der Waals surface area (Å²) in [6.45, 7) is 3.06. The van der Waals surface area contributed by atoms with E-state index in [0.29, 0.717) is 24.5 Å². The van der Waals surface area contributed by atoms with Crippen LogP contribution in [0.25, 0.3) is 0 Å². The molecule has 0 unspecified atom stereocenters. The highest BCUT2D eigenvalue weighted by Gasteiger charge is 2.32. The lowest BCUT2D eigenvalue weighted by Gasteiger charge is -2.37. The Hall–Kier alpha value is -1.56. The van der Waals surface area contributed by atoms with Crippen molar-refractivity contribution in [2.75, 3.05) is 25.4 Å². The molecule has 2 rings (SSSR count). The number of rotatable bonds is 2. The smallest absolute Gasteiger partial charge is 0.276 e. The van der Waals surface area contributed by atoms with Crippen molar-refractivity contribution in [1.82, 2.24) is 15.1 Å². The van der Waals surface area contributed by atoms with Crippen molar-refractivity contribution in [3.63, 3.8) is 0 Å². The van der Waals surface area contributed by atoms with E-state index >= 15 is 0 Å². The summed E-state index contributed by atoms with van der Waals surface area (Å²) in [5.41, 5.74) is 7.09. The number of nitrogens with two attached hydrogens (primary N) is 1. The van der Waals surface area contributed by atoms with Gasteiger partial charge in [0.15, 0.2) is 5.69 Å². The Morgan fingerprint density at radius 2 is 2.40 bits per heavy atom. The Balaban J connectivity index is 2.07. The lowest BCUT2D eigenvalue weighted by Crippen LogP contribution is -2.51. The van der Waals surface area contributed by atoms with E-state index in [9.17, 15) is 4.79 Å². The summed E-state index contributed by atoms with van der Waals surface area (Å²) in [6.07, 6.45) is 0. The third-order valence-corrected chi connectivity index (χ3v) is 2.70. The zero-order chi connectivity index (χ0) is 11.0. The van der Waals surface area contributed by atoms with Crippen LogP contribution >= 0.6 is 0 Å². The number of likely N-dealkylation sites (tertiary alicyclic amines) is 1. The number of aryl methyl sites for hydroxylation is 1. The number of anilines is 1. The summed E-state index contributed by atoms with van der Waals surface area (Å²) in [4.78, 5) is 13.4. The Kier molecular flexibility index (Phi) is 2.36. The molecule has 0 aliphatic carbocycles. The molecule has 15 heavy (non-hydrogen) atoms. The van der Waals surface area contributed by atoms with E-state index in [1.54, 1.807) is 11.8 Å². The lowest BCUT2D eigenvalue weighted by molar-refractivity contribution is 0.0357. The molecule has 0 spiro atoms. The molecule has 2 heterocycles. The molecule has 4 N–H and O–H groups in total. The van der Waals surface area contributed by atoms with Crippen molar-refractivity contribution in [2.45, 2.75) is 6.92 Å². The van der Waals surface area contributed by atoms with E-state index in [2.05, 4.69) is 10.2 Å². The number of hydrogen-bond donors (Lipinski definition) is 3. The molecule has 1 saturated heterocycles. The molecule has 0 bridgehead atoms. The van der Waals surface area contributed by atoms with Crippen LogP contribution in [-0.4, -0.2) is 45.8 Å². The molecule has 0 atom stereocenters. The minimum Gasteiger partial charge on any atom is -0.396 e. The van der Waals surface area contributed by atoms with Gasteiger partial charge >= 0.3 is 0 Å². The third kappa shape index (κ3) is 1.56. The fraction of sp³-hybridized carbons (Fsp3) is 0.556. The van der Waals surface area contributed by atoms with Crippen LogP contribution in [0.2, 0.25) is 0 Å². The number of amides is 1. The highest BCUT2D eigenvalue weighted by Crippen LogP contribution is 2.21. The highest BCUT2D eigenvalue weighted by molar-refractivity contribution is 5.98. The molecule has 6 heteroatoms. The normalized spacial score (nSPS) is 16.5. The van der Waals surface area contributed by atoms with Crippen molar-refractivity contribution in [3.8, 4) is 0 Å². The van der Waals surface area contributed by atoms with Gasteiger partial charge in [-0.25, -0.2) is 0 Å². The maximum Gasteiger partial charge on any atom is 0.276 e. The minimum absolute atomic E-state index is 0.124. The van der Waals surface area contributed by atoms with Gasteiger partial charge in [-0.1, -0.05) is 0 Å². The number of carbonyl (C=O) groups is 1. The molecular weight excluding hydrogens is 196 g/mol.